The highest BCUT2D eigenvalue weighted by Crippen LogP contribution is 2.31. The van der Waals surface area contributed by atoms with E-state index in [1.54, 1.807) is 0 Å². The van der Waals surface area contributed by atoms with E-state index in [2.05, 4.69) is 0 Å². The first-order valence-corrected chi connectivity index (χ1v) is 3.52. The van der Waals surface area contributed by atoms with Crippen LogP contribution < -0.4 is 0 Å². The number of carboxylic acid groups (broad SMARTS) is 1. The summed E-state index contributed by atoms with van der Waals surface area (Å²) in [5.41, 5.74) is -0.569. The van der Waals surface area contributed by atoms with Crippen LogP contribution in [0.2, 0.25) is 0 Å². The van der Waals surface area contributed by atoms with Crippen LogP contribution in [-0.2, 0) is 9.53 Å². The topological polar surface area (TPSA) is 46.5 Å². The van der Waals surface area contributed by atoms with Crippen molar-refractivity contribution in [2.75, 3.05) is 13.2 Å². The molecule has 0 saturated carbocycles. The third-order valence-electron chi connectivity index (χ3n) is 2.23. The Bertz CT molecular complexity index is 136. The van der Waals surface area contributed by atoms with Crippen LogP contribution in [-0.4, -0.2) is 24.3 Å². The van der Waals surface area contributed by atoms with Gasteiger partial charge in [0.05, 0.1) is 12.0 Å². The fourth-order valence-electron chi connectivity index (χ4n) is 1.21. The van der Waals surface area contributed by atoms with Gasteiger partial charge in [0.15, 0.2) is 0 Å². The molecule has 0 bridgehead atoms. The summed E-state index contributed by atoms with van der Waals surface area (Å²) in [7, 11) is 0. The van der Waals surface area contributed by atoms with E-state index in [4.69, 9.17) is 9.84 Å². The van der Waals surface area contributed by atoms with Crippen LogP contribution in [0, 0.1) is 5.41 Å². The van der Waals surface area contributed by atoms with Gasteiger partial charge in [0.2, 0.25) is 0 Å². The molecule has 0 aromatic carbocycles. The largest absolute Gasteiger partial charge is 0.481 e. The highest BCUT2D eigenvalue weighted by Gasteiger charge is 2.40. The standard InChI is InChI=1S/C7H12O3/c1-2-7(6(8)9)3-4-10-5-7/h2-5H2,1H3,(H,8,9). The molecule has 10 heavy (non-hydrogen) atoms. The molecule has 3 heteroatoms. The zero-order valence-electron chi connectivity index (χ0n) is 6.09. The second-order valence-corrected chi connectivity index (χ2v) is 2.74. The average Bonchev–Trinajstić information content (AvgIpc) is 2.35. The second kappa shape index (κ2) is 2.58. The quantitative estimate of drug-likeness (QED) is 0.626. The average molecular weight is 144 g/mol. The number of carboxylic acids is 1. The number of hydrogen-bond donors (Lipinski definition) is 1. The third kappa shape index (κ3) is 1.01. The van der Waals surface area contributed by atoms with E-state index in [0.29, 0.717) is 26.1 Å². The van der Waals surface area contributed by atoms with Gasteiger partial charge in [0, 0.05) is 6.61 Å². The molecule has 1 aliphatic rings. The Labute approximate surface area is 60.0 Å². The molecule has 0 aromatic heterocycles. The molecule has 1 aliphatic heterocycles. The molecule has 1 rings (SSSR count). The van der Waals surface area contributed by atoms with E-state index in [1.165, 1.54) is 0 Å². The summed E-state index contributed by atoms with van der Waals surface area (Å²) in [6.07, 6.45) is 1.33. The zero-order chi connectivity index (χ0) is 7.61. The Balaban J connectivity index is 2.67. The van der Waals surface area contributed by atoms with Gasteiger partial charge in [-0.3, -0.25) is 4.79 Å². The summed E-state index contributed by atoms with van der Waals surface area (Å²) < 4.78 is 5.03. The molecule has 1 unspecified atom stereocenters. The molecule has 58 valence electrons. The van der Waals surface area contributed by atoms with Crippen molar-refractivity contribution in [3.05, 3.63) is 0 Å². The highest BCUT2D eigenvalue weighted by atomic mass is 16.5. The fraction of sp³-hybridized carbons (Fsp3) is 0.857. The van der Waals surface area contributed by atoms with Gasteiger partial charge in [-0.25, -0.2) is 0 Å². The van der Waals surface area contributed by atoms with E-state index in [1.807, 2.05) is 6.92 Å². The summed E-state index contributed by atoms with van der Waals surface area (Å²) in [5, 5.41) is 8.78. The van der Waals surface area contributed by atoms with Gasteiger partial charge in [-0.2, -0.15) is 0 Å². The molecule has 1 N–H and O–H groups in total. The maximum atomic E-state index is 10.7. The predicted octanol–water partition coefficient (Wildman–Crippen LogP) is 0.888. The summed E-state index contributed by atoms with van der Waals surface area (Å²) in [6, 6.07) is 0. The Hall–Kier alpha value is -0.570. The van der Waals surface area contributed by atoms with E-state index < -0.39 is 11.4 Å². The van der Waals surface area contributed by atoms with Gasteiger partial charge in [0.1, 0.15) is 0 Å². The molecule has 0 amide bonds. The monoisotopic (exact) mass is 144 g/mol. The minimum absolute atomic E-state index is 0.388. The molecule has 3 nitrogen and oxygen atoms in total. The fourth-order valence-corrected chi connectivity index (χ4v) is 1.21. The van der Waals surface area contributed by atoms with Crippen LogP contribution in [0.3, 0.4) is 0 Å². The first-order valence-electron chi connectivity index (χ1n) is 3.52. The lowest BCUT2D eigenvalue weighted by atomic mass is 9.85. The summed E-state index contributed by atoms with van der Waals surface area (Å²) in [5.74, 6) is -0.715. The van der Waals surface area contributed by atoms with E-state index >= 15 is 0 Å². The first-order chi connectivity index (χ1) is 4.71. The van der Waals surface area contributed by atoms with E-state index in [9.17, 15) is 4.79 Å². The van der Waals surface area contributed by atoms with Gasteiger partial charge in [-0.05, 0) is 12.8 Å². The molecular formula is C7H12O3. The summed E-state index contributed by atoms with van der Waals surface area (Å²) >= 11 is 0. The predicted molar refractivity (Wildman–Crippen MR) is 35.8 cm³/mol. The van der Waals surface area contributed by atoms with E-state index in [0.717, 1.165) is 0 Å². The summed E-state index contributed by atoms with van der Waals surface area (Å²) in [6.45, 7) is 2.88. The lowest BCUT2D eigenvalue weighted by Crippen LogP contribution is -2.30. The van der Waals surface area contributed by atoms with Crippen molar-refractivity contribution in [1.29, 1.82) is 0 Å². The van der Waals surface area contributed by atoms with Crippen LogP contribution in [0.15, 0.2) is 0 Å². The lowest BCUT2D eigenvalue weighted by Gasteiger charge is -2.18. The minimum atomic E-state index is -0.715. The Morgan fingerprint density at radius 2 is 2.50 bits per heavy atom. The van der Waals surface area contributed by atoms with Gasteiger partial charge in [0.25, 0.3) is 0 Å². The van der Waals surface area contributed by atoms with Gasteiger partial charge in [-0.1, -0.05) is 6.92 Å². The van der Waals surface area contributed by atoms with Crippen LogP contribution >= 0.6 is 0 Å². The molecule has 1 saturated heterocycles. The van der Waals surface area contributed by atoms with Crippen molar-refractivity contribution in [2.45, 2.75) is 19.8 Å². The molecule has 0 aromatic rings. The first kappa shape index (κ1) is 7.54. The van der Waals surface area contributed by atoms with Crippen molar-refractivity contribution in [3.63, 3.8) is 0 Å². The smallest absolute Gasteiger partial charge is 0.312 e. The second-order valence-electron chi connectivity index (χ2n) is 2.74. The maximum Gasteiger partial charge on any atom is 0.312 e. The number of hydrogen-bond acceptors (Lipinski definition) is 2. The SMILES string of the molecule is CCC1(C(=O)O)CCOC1. The van der Waals surface area contributed by atoms with Crippen LogP contribution in [0.5, 0.6) is 0 Å². The molecule has 0 radical (unpaired) electrons. The van der Waals surface area contributed by atoms with Crippen LogP contribution in [0.25, 0.3) is 0 Å². The molecule has 1 atom stereocenters. The number of rotatable bonds is 2. The minimum Gasteiger partial charge on any atom is -0.481 e. The van der Waals surface area contributed by atoms with Crippen LogP contribution in [0.1, 0.15) is 19.8 Å². The van der Waals surface area contributed by atoms with Crippen molar-refractivity contribution < 1.29 is 14.6 Å². The third-order valence-corrected chi connectivity index (χ3v) is 2.23. The molecular weight excluding hydrogens is 132 g/mol. The zero-order valence-corrected chi connectivity index (χ0v) is 6.09. The molecule has 1 heterocycles. The van der Waals surface area contributed by atoms with Crippen molar-refractivity contribution in [3.8, 4) is 0 Å². The Morgan fingerprint density at radius 3 is 2.70 bits per heavy atom. The molecule has 1 fully saturated rings. The highest BCUT2D eigenvalue weighted by molar-refractivity contribution is 5.75. The van der Waals surface area contributed by atoms with Crippen molar-refractivity contribution in [1.82, 2.24) is 0 Å². The lowest BCUT2D eigenvalue weighted by molar-refractivity contribution is -0.149. The summed E-state index contributed by atoms with van der Waals surface area (Å²) in [4.78, 5) is 10.7. The van der Waals surface area contributed by atoms with Gasteiger partial charge < -0.3 is 9.84 Å². The molecule has 0 aliphatic carbocycles. The Kier molecular flexibility index (Phi) is 1.94. The Morgan fingerprint density at radius 1 is 1.80 bits per heavy atom. The molecule has 0 spiro atoms. The van der Waals surface area contributed by atoms with Crippen LogP contribution in [0.4, 0.5) is 0 Å². The normalized spacial score (nSPS) is 32.5. The number of aliphatic carboxylic acids is 1. The number of carbonyl (C=O) groups is 1. The number of ether oxygens (including phenoxy) is 1. The van der Waals surface area contributed by atoms with Gasteiger partial charge >= 0.3 is 5.97 Å². The van der Waals surface area contributed by atoms with Crippen molar-refractivity contribution >= 4 is 5.97 Å². The van der Waals surface area contributed by atoms with Crippen molar-refractivity contribution in [2.24, 2.45) is 5.41 Å². The van der Waals surface area contributed by atoms with E-state index in [-0.39, 0.29) is 0 Å². The van der Waals surface area contributed by atoms with Gasteiger partial charge in [-0.15, -0.1) is 0 Å². The maximum absolute atomic E-state index is 10.7.